The largest absolute Gasteiger partial charge is 0.357 e. The molecule has 0 aromatic carbocycles. The number of aliphatic imine (C=N–C) groups is 1. The second kappa shape index (κ2) is 9.07. The molecule has 24 heavy (non-hydrogen) atoms. The van der Waals surface area contributed by atoms with Gasteiger partial charge in [-0.15, -0.1) is 0 Å². The van der Waals surface area contributed by atoms with Crippen LogP contribution in [0.3, 0.4) is 0 Å². The summed E-state index contributed by atoms with van der Waals surface area (Å²) in [6.07, 6.45) is 9.78. The molecule has 1 saturated carbocycles. The Bertz CT molecular complexity index is 386. The zero-order valence-electron chi connectivity index (χ0n) is 16.0. The van der Waals surface area contributed by atoms with Gasteiger partial charge in [0, 0.05) is 26.2 Å². The van der Waals surface area contributed by atoms with Crippen LogP contribution in [0, 0.1) is 17.8 Å². The molecule has 0 aromatic rings. The minimum absolute atomic E-state index is 0.889. The van der Waals surface area contributed by atoms with Gasteiger partial charge in [0.05, 0.1) is 0 Å². The lowest BCUT2D eigenvalue weighted by Crippen LogP contribution is -2.40. The predicted molar refractivity (Wildman–Crippen MR) is 102 cm³/mol. The Balaban J connectivity index is 1.47. The lowest BCUT2D eigenvalue weighted by Gasteiger charge is -2.30. The van der Waals surface area contributed by atoms with Crippen LogP contribution in [0.5, 0.6) is 0 Å². The maximum atomic E-state index is 5.00. The molecular weight excluding hydrogens is 296 g/mol. The molecule has 3 rings (SSSR count). The quantitative estimate of drug-likeness (QED) is 0.619. The summed E-state index contributed by atoms with van der Waals surface area (Å²) in [5.74, 6) is 3.94. The molecule has 4 nitrogen and oxygen atoms in total. The Morgan fingerprint density at radius 2 is 1.67 bits per heavy atom. The fourth-order valence-corrected chi connectivity index (χ4v) is 4.95. The molecular formula is C20H38N4. The van der Waals surface area contributed by atoms with E-state index in [0.717, 1.165) is 30.8 Å². The molecule has 3 aliphatic rings. The summed E-state index contributed by atoms with van der Waals surface area (Å²) in [7, 11) is 0. The van der Waals surface area contributed by atoms with E-state index in [0.29, 0.717) is 0 Å². The number of nitrogens with one attached hydrogen (secondary N) is 1. The van der Waals surface area contributed by atoms with Crippen LogP contribution in [0.1, 0.15) is 58.8 Å². The zero-order chi connectivity index (χ0) is 16.8. The minimum Gasteiger partial charge on any atom is -0.357 e. The van der Waals surface area contributed by atoms with E-state index >= 15 is 0 Å². The van der Waals surface area contributed by atoms with Crippen molar-refractivity contribution in [3.05, 3.63) is 0 Å². The van der Waals surface area contributed by atoms with Gasteiger partial charge in [0.1, 0.15) is 0 Å². The number of rotatable bonds is 5. The molecule has 0 bridgehead atoms. The van der Waals surface area contributed by atoms with Crippen molar-refractivity contribution < 1.29 is 0 Å². The van der Waals surface area contributed by atoms with Gasteiger partial charge in [0.2, 0.25) is 0 Å². The molecule has 0 spiro atoms. The fraction of sp³-hybridized carbons (Fsp3) is 0.950. The first-order valence-corrected chi connectivity index (χ1v) is 10.6. The maximum Gasteiger partial charge on any atom is 0.193 e. The monoisotopic (exact) mass is 334 g/mol. The molecule has 2 heterocycles. The van der Waals surface area contributed by atoms with E-state index in [9.17, 15) is 0 Å². The van der Waals surface area contributed by atoms with Crippen molar-refractivity contribution in [1.29, 1.82) is 0 Å². The third-order valence-corrected chi connectivity index (χ3v) is 6.56. The predicted octanol–water partition coefficient (Wildman–Crippen LogP) is 3.20. The number of guanidine groups is 1. The van der Waals surface area contributed by atoms with Crippen LogP contribution in [-0.4, -0.2) is 61.6 Å². The number of fused-ring (bicyclic) bond motifs is 1. The molecule has 2 unspecified atom stereocenters. The molecule has 0 amide bonds. The van der Waals surface area contributed by atoms with E-state index in [4.69, 9.17) is 4.99 Å². The number of hydrogen-bond acceptors (Lipinski definition) is 2. The summed E-state index contributed by atoms with van der Waals surface area (Å²) in [6, 6.07) is 0. The fourth-order valence-electron chi connectivity index (χ4n) is 4.95. The lowest BCUT2D eigenvalue weighted by molar-refractivity contribution is 0.188. The highest BCUT2D eigenvalue weighted by Gasteiger charge is 2.35. The van der Waals surface area contributed by atoms with Gasteiger partial charge in [-0.3, -0.25) is 4.99 Å². The summed E-state index contributed by atoms with van der Waals surface area (Å²) in [4.78, 5) is 10.1. The van der Waals surface area contributed by atoms with Crippen molar-refractivity contribution in [3.8, 4) is 0 Å². The third kappa shape index (κ3) is 4.65. The summed E-state index contributed by atoms with van der Waals surface area (Å²) in [6.45, 7) is 12.7. The molecule has 2 atom stereocenters. The molecule has 0 aromatic heterocycles. The first-order chi connectivity index (χ1) is 11.8. The van der Waals surface area contributed by atoms with Crippen LogP contribution in [-0.2, 0) is 0 Å². The average molecular weight is 335 g/mol. The molecule has 4 heteroatoms. The van der Waals surface area contributed by atoms with Gasteiger partial charge in [0.15, 0.2) is 5.96 Å². The molecule has 138 valence electrons. The van der Waals surface area contributed by atoms with Crippen LogP contribution >= 0.6 is 0 Å². The first-order valence-electron chi connectivity index (χ1n) is 10.6. The van der Waals surface area contributed by atoms with Crippen molar-refractivity contribution in [3.63, 3.8) is 0 Å². The van der Waals surface area contributed by atoms with Gasteiger partial charge in [-0.1, -0.05) is 19.8 Å². The molecule has 3 fully saturated rings. The number of piperidine rings is 1. The topological polar surface area (TPSA) is 30.9 Å². The van der Waals surface area contributed by atoms with E-state index in [1.54, 1.807) is 0 Å². The average Bonchev–Trinajstić information content (AvgIpc) is 3.05. The van der Waals surface area contributed by atoms with Gasteiger partial charge in [-0.25, -0.2) is 0 Å². The lowest BCUT2D eigenvalue weighted by atomic mass is 9.82. The second-order valence-electron chi connectivity index (χ2n) is 8.11. The van der Waals surface area contributed by atoms with Crippen molar-refractivity contribution in [2.45, 2.75) is 58.8 Å². The Labute approximate surface area is 149 Å². The Kier molecular flexibility index (Phi) is 6.82. The van der Waals surface area contributed by atoms with Crippen molar-refractivity contribution in [2.75, 3.05) is 45.8 Å². The summed E-state index contributed by atoms with van der Waals surface area (Å²) in [5, 5.41) is 3.56. The van der Waals surface area contributed by atoms with Crippen LogP contribution in [0.4, 0.5) is 0 Å². The molecule has 1 aliphatic carbocycles. The highest BCUT2D eigenvalue weighted by molar-refractivity contribution is 5.80. The van der Waals surface area contributed by atoms with E-state index in [2.05, 4.69) is 29.0 Å². The van der Waals surface area contributed by atoms with E-state index < -0.39 is 0 Å². The van der Waals surface area contributed by atoms with Crippen molar-refractivity contribution in [2.24, 2.45) is 22.7 Å². The van der Waals surface area contributed by atoms with Crippen LogP contribution in [0.15, 0.2) is 4.99 Å². The van der Waals surface area contributed by atoms with Gasteiger partial charge in [-0.05, 0) is 76.4 Å². The molecule has 2 saturated heterocycles. The van der Waals surface area contributed by atoms with Crippen molar-refractivity contribution in [1.82, 2.24) is 15.1 Å². The third-order valence-electron chi connectivity index (χ3n) is 6.56. The van der Waals surface area contributed by atoms with Gasteiger partial charge in [-0.2, -0.15) is 0 Å². The second-order valence-corrected chi connectivity index (χ2v) is 8.11. The molecule has 0 radical (unpaired) electrons. The highest BCUT2D eigenvalue weighted by atomic mass is 15.3. The molecule has 1 N–H and O–H groups in total. The standard InChI is InChI=1S/C20H38N4/c1-3-21-20(24-15-18-7-5-6-8-19(18)16-24)22-12-9-17-10-13-23(4-2)14-11-17/h17-19H,3-16H2,1-2H3,(H,21,22). The van der Waals surface area contributed by atoms with Crippen molar-refractivity contribution >= 4 is 5.96 Å². The van der Waals surface area contributed by atoms with Gasteiger partial charge < -0.3 is 15.1 Å². The number of nitrogens with zero attached hydrogens (tertiary/aromatic N) is 3. The number of hydrogen-bond donors (Lipinski definition) is 1. The van der Waals surface area contributed by atoms with Crippen LogP contribution < -0.4 is 5.32 Å². The Morgan fingerprint density at radius 1 is 1.00 bits per heavy atom. The van der Waals surface area contributed by atoms with Crippen LogP contribution in [0.2, 0.25) is 0 Å². The first kappa shape index (κ1) is 18.0. The normalized spacial score (nSPS) is 29.8. The van der Waals surface area contributed by atoms with E-state index in [-0.39, 0.29) is 0 Å². The maximum absolute atomic E-state index is 5.00. The number of likely N-dealkylation sites (tertiary alicyclic amines) is 2. The smallest absolute Gasteiger partial charge is 0.193 e. The van der Waals surface area contributed by atoms with E-state index in [1.165, 1.54) is 83.6 Å². The Hall–Kier alpha value is -0.770. The molecule has 2 aliphatic heterocycles. The minimum atomic E-state index is 0.889. The van der Waals surface area contributed by atoms with Gasteiger partial charge in [0.25, 0.3) is 0 Å². The summed E-state index contributed by atoms with van der Waals surface area (Å²) < 4.78 is 0. The Morgan fingerprint density at radius 3 is 2.25 bits per heavy atom. The summed E-state index contributed by atoms with van der Waals surface area (Å²) in [5.41, 5.74) is 0. The SMILES string of the molecule is CCNC(=NCCC1CCN(CC)CC1)N1CC2CCCCC2C1. The highest BCUT2D eigenvalue weighted by Crippen LogP contribution is 2.36. The van der Waals surface area contributed by atoms with Gasteiger partial charge >= 0.3 is 0 Å². The zero-order valence-corrected chi connectivity index (χ0v) is 16.0. The van der Waals surface area contributed by atoms with E-state index in [1.807, 2.05) is 0 Å². The van der Waals surface area contributed by atoms with Crippen LogP contribution in [0.25, 0.3) is 0 Å². The summed E-state index contributed by atoms with van der Waals surface area (Å²) >= 11 is 0.